The largest absolute Gasteiger partial charge is 0.376 e. The van der Waals surface area contributed by atoms with Crippen molar-refractivity contribution in [1.82, 2.24) is 9.88 Å². The fourth-order valence-corrected chi connectivity index (χ4v) is 3.56. The van der Waals surface area contributed by atoms with Gasteiger partial charge in [-0.3, -0.25) is 4.79 Å². The Hall–Kier alpha value is -2.25. The van der Waals surface area contributed by atoms with Crippen LogP contribution >= 0.6 is 11.6 Å². The van der Waals surface area contributed by atoms with Crippen LogP contribution in [-0.2, 0) is 16.1 Å². The van der Waals surface area contributed by atoms with Gasteiger partial charge in [-0.25, -0.2) is 13.8 Å². The number of halogens is 3. The van der Waals surface area contributed by atoms with Gasteiger partial charge in [0.2, 0.25) is 5.91 Å². The number of benzene rings is 1. The number of anilines is 1. The summed E-state index contributed by atoms with van der Waals surface area (Å²) in [6.07, 6.45) is 1.36. The van der Waals surface area contributed by atoms with Crippen LogP contribution in [-0.4, -0.2) is 47.6 Å². The molecule has 1 aromatic heterocycles. The fourth-order valence-electron chi connectivity index (χ4n) is 3.41. The molecule has 8 heteroatoms. The third-order valence-corrected chi connectivity index (χ3v) is 4.97. The van der Waals surface area contributed by atoms with E-state index in [-0.39, 0.29) is 29.1 Å². The van der Waals surface area contributed by atoms with Gasteiger partial charge in [0.1, 0.15) is 11.4 Å². The average Bonchev–Trinajstić information content (AvgIpc) is 2.57. The molecule has 5 nitrogen and oxygen atoms in total. The smallest absolute Gasteiger partial charge is 0.243 e. The summed E-state index contributed by atoms with van der Waals surface area (Å²) in [6, 6.07) is 7.23. The number of amides is 1. The lowest BCUT2D eigenvalue weighted by Crippen LogP contribution is -2.73. The lowest BCUT2D eigenvalue weighted by molar-refractivity contribution is -0.172. The lowest BCUT2D eigenvalue weighted by atomic mass is 9.90. The van der Waals surface area contributed by atoms with Crippen LogP contribution in [0, 0.1) is 11.6 Å². The highest BCUT2D eigenvalue weighted by molar-refractivity contribution is 6.30. The highest BCUT2D eigenvalue weighted by atomic mass is 35.5. The minimum atomic E-state index is -0.562. The highest BCUT2D eigenvalue weighted by Crippen LogP contribution is 2.34. The molecule has 4 rings (SSSR count). The summed E-state index contributed by atoms with van der Waals surface area (Å²) in [5.74, 6) is -0.931. The van der Waals surface area contributed by atoms with Gasteiger partial charge in [-0.1, -0.05) is 23.7 Å². The minimum absolute atomic E-state index is 0.00843. The summed E-state index contributed by atoms with van der Waals surface area (Å²) in [5, 5.41) is 0.203. The Morgan fingerprint density at radius 2 is 1.96 bits per heavy atom. The predicted octanol–water partition coefficient (Wildman–Crippen LogP) is 2.63. The molecule has 0 atom stereocenters. The van der Waals surface area contributed by atoms with Crippen molar-refractivity contribution in [1.29, 1.82) is 0 Å². The molecule has 26 heavy (non-hydrogen) atoms. The topological polar surface area (TPSA) is 45.7 Å². The van der Waals surface area contributed by atoms with Crippen LogP contribution < -0.4 is 4.90 Å². The zero-order chi connectivity index (χ0) is 18.3. The summed E-state index contributed by atoms with van der Waals surface area (Å²) in [5.41, 5.74) is 0.285. The second kappa shape index (κ2) is 6.48. The minimum Gasteiger partial charge on any atom is -0.376 e. The Kier molecular flexibility index (Phi) is 4.28. The number of carbonyl (C=O) groups excluding carboxylic acids is 1. The molecular weight excluding hydrogens is 364 g/mol. The van der Waals surface area contributed by atoms with Crippen LogP contribution in [0.5, 0.6) is 0 Å². The molecule has 1 aromatic carbocycles. The second-order valence-corrected chi connectivity index (χ2v) is 7.07. The van der Waals surface area contributed by atoms with Crippen molar-refractivity contribution in [3.63, 3.8) is 0 Å². The van der Waals surface area contributed by atoms with Crippen LogP contribution in [0.4, 0.5) is 14.6 Å². The van der Waals surface area contributed by atoms with E-state index in [0.717, 1.165) is 5.56 Å². The molecule has 2 fully saturated rings. The molecule has 136 valence electrons. The van der Waals surface area contributed by atoms with Crippen molar-refractivity contribution in [3.8, 4) is 0 Å². The maximum atomic E-state index is 14.2. The number of pyridine rings is 1. The molecule has 2 saturated heterocycles. The van der Waals surface area contributed by atoms with E-state index in [1.54, 1.807) is 21.9 Å². The molecule has 0 N–H and O–H groups in total. The molecule has 0 aliphatic carbocycles. The highest BCUT2D eigenvalue weighted by Gasteiger charge is 2.51. The first-order valence-corrected chi connectivity index (χ1v) is 8.53. The average molecular weight is 380 g/mol. The van der Waals surface area contributed by atoms with Gasteiger partial charge in [-0.15, -0.1) is 0 Å². The molecule has 0 unspecified atom stereocenters. The molecule has 2 aromatic rings. The number of nitrogens with zero attached hydrogens (tertiary/aromatic N) is 3. The molecule has 0 saturated carbocycles. The Balaban J connectivity index is 1.59. The van der Waals surface area contributed by atoms with Gasteiger partial charge >= 0.3 is 0 Å². The monoisotopic (exact) mass is 379 g/mol. The third kappa shape index (κ3) is 3.01. The van der Waals surface area contributed by atoms with Gasteiger partial charge < -0.3 is 14.5 Å². The second-order valence-electron chi connectivity index (χ2n) is 6.64. The van der Waals surface area contributed by atoms with E-state index >= 15 is 0 Å². The van der Waals surface area contributed by atoms with E-state index < -0.39 is 11.4 Å². The van der Waals surface area contributed by atoms with Crippen molar-refractivity contribution in [2.75, 3.05) is 31.2 Å². The maximum absolute atomic E-state index is 14.2. The summed E-state index contributed by atoms with van der Waals surface area (Å²) < 4.78 is 32.7. The first kappa shape index (κ1) is 17.2. The number of hydrogen-bond donors (Lipinski definition) is 0. The standard InChI is InChI=1S/C18H16ClF2N3O2/c19-13-5-15(21)17(22-6-13)23-8-16(25)24(18(9-23)10-26-11-18)7-12-1-3-14(20)4-2-12/h1-6H,7-11H2. The van der Waals surface area contributed by atoms with E-state index in [0.29, 0.717) is 26.3 Å². The first-order valence-electron chi connectivity index (χ1n) is 8.15. The van der Waals surface area contributed by atoms with Crippen LogP contribution in [0.2, 0.25) is 5.02 Å². The van der Waals surface area contributed by atoms with Crippen LogP contribution in [0.15, 0.2) is 36.5 Å². The zero-order valence-electron chi connectivity index (χ0n) is 13.8. The molecule has 1 spiro atoms. The van der Waals surface area contributed by atoms with E-state index in [4.69, 9.17) is 16.3 Å². The van der Waals surface area contributed by atoms with Crippen LogP contribution in [0.3, 0.4) is 0 Å². The van der Waals surface area contributed by atoms with E-state index in [1.807, 2.05) is 0 Å². The SMILES string of the molecule is O=C1CN(c2ncc(Cl)cc2F)CC2(COC2)N1Cc1ccc(F)cc1. The summed E-state index contributed by atoms with van der Waals surface area (Å²) in [7, 11) is 0. The van der Waals surface area contributed by atoms with Crippen molar-refractivity contribution < 1.29 is 18.3 Å². The number of piperazine rings is 1. The van der Waals surface area contributed by atoms with Gasteiger partial charge in [-0.05, 0) is 23.8 Å². The molecule has 2 aliphatic rings. The number of ether oxygens (including phenoxy) is 1. The quantitative estimate of drug-likeness (QED) is 0.822. The van der Waals surface area contributed by atoms with Gasteiger partial charge in [-0.2, -0.15) is 0 Å². The van der Waals surface area contributed by atoms with Crippen molar-refractivity contribution in [2.45, 2.75) is 12.1 Å². The van der Waals surface area contributed by atoms with Crippen molar-refractivity contribution in [3.05, 3.63) is 58.7 Å². The Bertz CT molecular complexity index is 843. The van der Waals surface area contributed by atoms with Crippen LogP contribution in [0.25, 0.3) is 0 Å². The molecule has 3 heterocycles. The Morgan fingerprint density at radius 1 is 1.23 bits per heavy atom. The van der Waals surface area contributed by atoms with E-state index in [9.17, 15) is 13.6 Å². The molecule has 2 aliphatic heterocycles. The zero-order valence-corrected chi connectivity index (χ0v) is 14.5. The Morgan fingerprint density at radius 3 is 2.58 bits per heavy atom. The van der Waals surface area contributed by atoms with Gasteiger partial charge in [0.15, 0.2) is 11.6 Å². The molecule has 0 radical (unpaired) electrons. The molecule has 1 amide bonds. The summed E-state index contributed by atoms with van der Waals surface area (Å²) in [6.45, 7) is 1.50. The predicted molar refractivity (Wildman–Crippen MR) is 91.9 cm³/mol. The van der Waals surface area contributed by atoms with Crippen LogP contribution in [0.1, 0.15) is 5.56 Å². The number of hydrogen-bond acceptors (Lipinski definition) is 4. The normalized spacial score (nSPS) is 19.0. The maximum Gasteiger partial charge on any atom is 0.243 e. The first-order chi connectivity index (χ1) is 12.5. The molecular formula is C18H16ClF2N3O2. The fraction of sp³-hybridized carbons (Fsp3) is 0.333. The van der Waals surface area contributed by atoms with E-state index in [1.165, 1.54) is 24.4 Å². The summed E-state index contributed by atoms with van der Waals surface area (Å²) >= 11 is 5.76. The van der Waals surface area contributed by atoms with Gasteiger partial charge in [0, 0.05) is 19.3 Å². The third-order valence-electron chi connectivity index (χ3n) is 4.77. The summed E-state index contributed by atoms with van der Waals surface area (Å²) in [4.78, 5) is 20.2. The number of carbonyl (C=O) groups is 1. The van der Waals surface area contributed by atoms with E-state index in [2.05, 4.69) is 4.98 Å². The van der Waals surface area contributed by atoms with Gasteiger partial charge in [0.25, 0.3) is 0 Å². The van der Waals surface area contributed by atoms with Gasteiger partial charge in [0.05, 0.1) is 24.8 Å². The number of aromatic nitrogens is 1. The van der Waals surface area contributed by atoms with Crippen molar-refractivity contribution >= 4 is 23.3 Å². The lowest BCUT2D eigenvalue weighted by Gasteiger charge is -2.55. The Labute approximate surface area is 154 Å². The number of rotatable bonds is 3. The van der Waals surface area contributed by atoms with Crippen molar-refractivity contribution in [2.24, 2.45) is 0 Å². The molecule has 0 bridgehead atoms.